The van der Waals surface area contributed by atoms with Crippen LogP contribution in [-0.4, -0.2) is 36.5 Å². The van der Waals surface area contributed by atoms with E-state index in [0.29, 0.717) is 29.3 Å². The Labute approximate surface area is 173 Å². The van der Waals surface area contributed by atoms with E-state index in [9.17, 15) is 14.0 Å². The Hall–Kier alpha value is -2.86. The van der Waals surface area contributed by atoms with Gasteiger partial charge in [0.05, 0.1) is 12.6 Å². The topological polar surface area (TPSA) is 55.8 Å². The second-order valence-electron chi connectivity index (χ2n) is 6.51. The molecule has 2 aromatic rings. The average molecular weight is 418 g/mol. The summed E-state index contributed by atoms with van der Waals surface area (Å²) in [5, 5.41) is 0.448. The van der Waals surface area contributed by atoms with Crippen molar-refractivity contribution in [1.82, 2.24) is 4.90 Å². The van der Waals surface area contributed by atoms with Gasteiger partial charge in [0, 0.05) is 17.1 Å². The zero-order valence-corrected chi connectivity index (χ0v) is 16.7. The van der Waals surface area contributed by atoms with Crippen LogP contribution in [0.4, 0.5) is 4.39 Å². The van der Waals surface area contributed by atoms with E-state index in [1.54, 1.807) is 36.1 Å². The Kier molecular flexibility index (Phi) is 6.54. The van der Waals surface area contributed by atoms with Crippen LogP contribution in [0.3, 0.4) is 0 Å². The monoisotopic (exact) mass is 417 g/mol. The molecule has 7 heteroatoms. The van der Waals surface area contributed by atoms with E-state index in [2.05, 4.69) is 6.58 Å². The molecule has 1 amide bonds. The van der Waals surface area contributed by atoms with Gasteiger partial charge >= 0.3 is 5.97 Å². The van der Waals surface area contributed by atoms with Gasteiger partial charge in [-0.05, 0) is 60.9 Å². The van der Waals surface area contributed by atoms with Crippen LogP contribution in [0.5, 0.6) is 5.75 Å². The third-order valence-electron chi connectivity index (χ3n) is 4.71. The van der Waals surface area contributed by atoms with Crippen LogP contribution in [0.1, 0.15) is 29.7 Å². The van der Waals surface area contributed by atoms with Gasteiger partial charge in [0.15, 0.2) is 6.61 Å². The molecule has 1 aliphatic rings. The molecule has 5 nitrogen and oxygen atoms in total. The fraction of sp³-hybridized carbons (Fsp3) is 0.273. The van der Waals surface area contributed by atoms with Gasteiger partial charge in [-0.2, -0.15) is 0 Å². The summed E-state index contributed by atoms with van der Waals surface area (Å²) in [6.07, 6.45) is 1.76. The van der Waals surface area contributed by atoms with Crippen molar-refractivity contribution in [3.05, 3.63) is 76.6 Å². The Morgan fingerprint density at radius 2 is 2.07 bits per heavy atom. The van der Waals surface area contributed by atoms with E-state index >= 15 is 0 Å². The Balaban J connectivity index is 2.07. The van der Waals surface area contributed by atoms with Crippen molar-refractivity contribution in [2.45, 2.75) is 19.4 Å². The van der Waals surface area contributed by atoms with Crippen LogP contribution in [0.15, 0.2) is 49.1 Å². The molecule has 0 saturated heterocycles. The third kappa shape index (κ3) is 4.59. The number of carbonyl (C=O) groups excluding carboxylic acids is 2. The van der Waals surface area contributed by atoms with Gasteiger partial charge in [0.2, 0.25) is 5.91 Å². The third-order valence-corrected chi connectivity index (χ3v) is 4.94. The summed E-state index contributed by atoms with van der Waals surface area (Å²) in [4.78, 5) is 25.9. The molecule has 0 aromatic heterocycles. The minimum atomic E-state index is -0.555. The lowest BCUT2D eigenvalue weighted by atomic mass is 9.87. The predicted molar refractivity (Wildman–Crippen MR) is 107 cm³/mol. The molecule has 2 aromatic carbocycles. The molecule has 0 fully saturated rings. The van der Waals surface area contributed by atoms with Crippen LogP contribution in [-0.2, 0) is 20.7 Å². The average Bonchev–Trinajstić information content (AvgIpc) is 2.71. The van der Waals surface area contributed by atoms with Gasteiger partial charge < -0.3 is 14.4 Å². The summed E-state index contributed by atoms with van der Waals surface area (Å²) in [6, 6.07) is 8.91. The highest BCUT2D eigenvalue weighted by atomic mass is 35.5. The van der Waals surface area contributed by atoms with Crippen LogP contribution in [0.25, 0.3) is 0 Å². The number of rotatable bonds is 6. The zero-order valence-electron chi connectivity index (χ0n) is 16.0. The van der Waals surface area contributed by atoms with Crippen LogP contribution < -0.4 is 4.74 Å². The number of halogens is 2. The SMILES string of the molecule is C=CC(=O)N1CCc2cc(F)ccc2[C@H]1c1cc(Cl)ccc1OCC(=O)OCC. The lowest BCUT2D eigenvalue weighted by Gasteiger charge is -2.38. The van der Waals surface area contributed by atoms with Crippen LogP contribution >= 0.6 is 11.6 Å². The molecule has 0 radical (unpaired) electrons. The van der Waals surface area contributed by atoms with Gasteiger partial charge in [-0.15, -0.1) is 0 Å². The van der Waals surface area contributed by atoms with Crippen molar-refractivity contribution >= 4 is 23.5 Å². The summed E-state index contributed by atoms with van der Waals surface area (Å²) in [6.45, 7) is 5.65. The molecule has 152 valence electrons. The Morgan fingerprint density at radius 1 is 1.28 bits per heavy atom. The molecule has 3 rings (SSSR count). The summed E-state index contributed by atoms with van der Waals surface area (Å²) in [5.74, 6) is -0.706. The first-order chi connectivity index (χ1) is 13.9. The maximum Gasteiger partial charge on any atom is 0.344 e. The summed E-state index contributed by atoms with van der Waals surface area (Å²) < 4.78 is 24.4. The Bertz CT molecular complexity index is 946. The van der Waals surface area contributed by atoms with E-state index in [-0.39, 0.29) is 24.9 Å². The van der Waals surface area contributed by atoms with Crippen molar-refractivity contribution in [2.24, 2.45) is 0 Å². The fourth-order valence-electron chi connectivity index (χ4n) is 3.49. The van der Waals surface area contributed by atoms with E-state index in [4.69, 9.17) is 21.1 Å². The lowest BCUT2D eigenvalue weighted by Crippen LogP contribution is -2.40. The molecular weight excluding hydrogens is 397 g/mol. The highest BCUT2D eigenvalue weighted by Gasteiger charge is 2.33. The first-order valence-electron chi connectivity index (χ1n) is 9.23. The molecule has 0 saturated carbocycles. The number of nitrogens with zero attached hydrogens (tertiary/aromatic N) is 1. The normalized spacial score (nSPS) is 15.4. The predicted octanol–water partition coefficient (Wildman–Crippen LogP) is 4.08. The number of carbonyl (C=O) groups is 2. The molecular formula is C22H21ClFNO4. The van der Waals surface area contributed by atoms with Crippen molar-refractivity contribution < 1.29 is 23.5 Å². The molecule has 0 bridgehead atoms. The van der Waals surface area contributed by atoms with Crippen LogP contribution in [0.2, 0.25) is 5.02 Å². The van der Waals surface area contributed by atoms with Gasteiger partial charge in [-0.1, -0.05) is 24.2 Å². The molecule has 0 N–H and O–H groups in total. The highest BCUT2D eigenvalue weighted by Crippen LogP contribution is 2.40. The zero-order chi connectivity index (χ0) is 21.0. The van der Waals surface area contributed by atoms with Crippen molar-refractivity contribution in [2.75, 3.05) is 19.8 Å². The number of hydrogen-bond acceptors (Lipinski definition) is 4. The molecule has 29 heavy (non-hydrogen) atoms. The van der Waals surface area contributed by atoms with E-state index < -0.39 is 12.0 Å². The van der Waals surface area contributed by atoms with Gasteiger partial charge in [-0.25, -0.2) is 9.18 Å². The maximum absolute atomic E-state index is 13.8. The quantitative estimate of drug-likeness (QED) is 0.525. The van der Waals surface area contributed by atoms with E-state index in [0.717, 1.165) is 11.1 Å². The van der Waals surface area contributed by atoms with E-state index in [1.807, 2.05) is 0 Å². The van der Waals surface area contributed by atoms with Gasteiger partial charge in [0.1, 0.15) is 11.6 Å². The molecule has 1 aliphatic heterocycles. The molecule has 0 unspecified atom stereocenters. The van der Waals surface area contributed by atoms with Crippen molar-refractivity contribution in [3.63, 3.8) is 0 Å². The molecule has 0 spiro atoms. The number of ether oxygens (including phenoxy) is 2. The molecule has 0 aliphatic carbocycles. The number of fused-ring (bicyclic) bond motifs is 1. The number of esters is 1. The summed E-state index contributed by atoms with van der Waals surface area (Å²) >= 11 is 6.23. The van der Waals surface area contributed by atoms with E-state index in [1.165, 1.54) is 18.2 Å². The molecule has 1 atom stereocenters. The van der Waals surface area contributed by atoms with Gasteiger partial charge in [0.25, 0.3) is 0 Å². The largest absolute Gasteiger partial charge is 0.482 e. The van der Waals surface area contributed by atoms with Crippen molar-refractivity contribution in [3.8, 4) is 5.75 Å². The van der Waals surface area contributed by atoms with Crippen LogP contribution in [0, 0.1) is 5.82 Å². The standard InChI is InChI=1S/C22H21ClFNO4/c1-3-20(26)25-10-9-14-11-16(24)6-7-17(14)22(25)18-12-15(23)5-8-19(18)29-13-21(27)28-4-2/h3,5-8,11-12,22H,1,4,9-10,13H2,2H3/t22-/m0/s1. The number of hydrogen-bond donors (Lipinski definition) is 0. The summed E-state index contributed by atoms with van der Waals surface area (Å²) in [7, 11) is 0. The second-order valence-corrected chi connectivity index (χ2v) is 6.94. The maximum atomic E-state index is 13.8. The molecule has 1 heterocycles. The highest BCUT2D eigenvalue weighted by molar-refractivity contribution is 6.30. The van der Waals surface area contributed by atoms with Crippen molar-refractivity contribution in [1.29, 1.82) is 0 Å². The lowest BCUT2D eigenvalue weighted by molar-refractivity contribution is -0.145. The van der Waals surface area contributed by atoms with Gasteiger partial charge in [-0.3, -0.25) is 4.79 Å². The number of amides is 1. The first kappa shape index (κ1) is 20.9. The minimum Gasteiger partial charge on any atom is -0.482 e. The smallest absolute Gasteiger partial charge is 0.344 e. The first-order valence-corrected chi connectivity index (χ1v) is 9.61. The Morgan fingerprint density at radius 3 is 2.79 bits per heavy atom. The minimum absolute atomic E-state index is 0.249. The summed E-state index contributed by atoms with van der Waals surface area (Å²) in [5.41, 5.74) is 2.18. The second kappa shape index (κ2) is 9.09. The fourth-order valence-corrected chi connectivity index (χ4v) is 3.67. The number of benzene rings is 2.